The zero-order chi connectivity index (χ0) is 19.5. The molecule has 142 valence electrons. The fourth-order valence-corrected chi connectivity index (χ4v) is 1.81. The largest absolute Gasteiger partial charge is 0.420 e. The Kier molecular flexibility index (Phi) is 9.26. The van der Waals surface area contributed by atoms with Gasteiger partial charge in [0.15, 0.2) is 5.82 Å². The molecular weight excluding hydrogens is 328 g/mol. The van der Waals surface area contributed by atoms with Gasteiger partial charge in [-0.25, -0.2) is 0 Å². The second-order valence-electron chi connectivity index (χ2n) is 6.02. The highest BCUT2D eigenvalue weighted by Gasteiger charge is 2.10. The maximum atomic E-state index is 5.51. The number of nitrogens with zero attached hydrogens (tertiary/aromatic N) is 4. The van der Waals surface area contributed by atoms with Crippen molar-refractivity contribution in [2.45, 2.75) is 66.7 Å². The molecule has 26 heavy (non-hydrogen) atoms. The predicted molar refractivity (Wildman–Crippen MR) is 103 cm³/mol. The summed E-state index contributed by atoms with van der Waals surface area (Å²) < 4.78 is 10.5. The summed E-state index contributed by atoms with van der Waals surface area (Å²) >= 11 is 0. The Morgan fingerprint density at radius 1 is 0.885 bits per heavy atom. The van der Waals surface area contributed by atoms with E-state index in [2.05, 4.69) is 20.3 Å². The van der Waals surface area contributed by atoms with Crippen molar-refractivity contribution >= 4 is 0 Å². The molecule has 0 aliphatic rings. The molecular formula is C20H30N4O2. The first-order chi connectivity index (χ1) is 12.5. The van der Waals surface area contributed by atoms with Gasteiger partial charge in [-0.2, -0.15) is 4.98 Å². The summed E-state index contributed by atoms with van der Waals surface area (Å²) in [4.78, 5) is 4.15. The molecule has 2 aromatic heterocycles. The number of hydrogen-bond acceptors (Lipinski definition) is 6. The summed E-state index contributed by atoms with van der Waals surface area (Å²) in [5, 5.41) is 11.7. The molecule has 3 aromatic rings. The molecule has 6 nitrogen and oxygen atoms in total. The Hall–Kier alpha value is -2.50. The molecule has 0 saturated heterocycles. The van der Waals surface area contributed by atoms with E-state index in [-0.39, 0.29) is 5.92 Å². The van der Waals surface area contributed by atoms with Crippen LogP contribution in [-0.4, -0.2) is 20.3 Å². The van der Waals surface area contributed by atoms with Crippen LogP contribution >= 0.6 is 0 Å². The average molecular weight is 358 g/mol. The maximum Gasteiger partial charge on any atom is 0.247 e. The highest BCUT2D eigenvalue weighted by atomic mass is 16.5. The average Bonchev–Trinajstić information content (AvgIpc) is 3.34. The molecule has 3 rings (SSSR count). The lowest BCUT2D eigenvalue weighted by Crippen LogP contribution is -1.87. The minimum Gasteiger partial charge on any atom is -0.420 e. The minimum atomic E-state index is 0.278. The van der Waals surface area contributed by atoms with Crippen LogP contribution < -0.4 is 0 Å². The van der Waals surface area contributed by atoms with Crippen LogP contribution in [0.5, 0.6) is 0 Å². The summed E-state index contributed by atoms with van der Waals surface area (Å²) in [6.45, 7) is 14.1. The SMILES string of the molecule is CC.CC(C)c1nnc(-c2ccccc2)o1.CCc1noc(C(C)C)n1. The zero-order valence-electron chi connectivity index (χ0n) is 16.9. The molecule has 0 amide bonds. The van der Waals surface area contributed by atoms with E-state index < -0.39 is 0 Å². The smallest absolute Gasteiger partial charge is 0.247 e. The lowest BCUT2D eigenvalue weighted by molar-refractivity contribution is 0.361. The number of hydrogen-bond donors (Lipinski definition) is 0. The molecule has 1 aromatic carbocycles. The summed E-state index contributed by atoms with van der Waals surface area (Å²) in [6.07, 6.45) is 0.843. The van der Waals surface area contributed by atoms with E-state index in [9.17, 15) is 0 Å². The van der Waals surface area contributed by atoms with Crippen molar-refractivity contribution in [2.75, 3.05) is 0 Å². The van der Waals surface area contributed by atoms with Crippen molar-refractivity contribution in [1.82, 2.24) is 20.3 Å². The van der Waals surface area contributed by atoms with E-state index in [0.29, 0.717) is 17.7 Å². The third-order valence-corrected chi connectivity index (χ3v) is 3.25. The molecule has 6 heteroatoms. The van der Waals surface area contributed by atoms with Crippen molar-refractivity contribution in [1.29, 1.82) is 0 Å². The third-order valence-electron chi connectivity index (χ3n) is 3.25. The third kappa shape index (κ3) is 6.43. The summed E-state index contributed by atoms with van der Waals surface area (Å²) in [5.41, 5.74) is 0.965. The van der Waals surface area contributed by atoms with E-state index in [1.807, 2.05) is 78.8 Å². The monoisotopic (exact) mass is 358 g/mol. The van der Waals surface area contributed by atoms with E-state index in [1.165, 1.54) is 0 Å². The lowest BCUT2D eigenvalue weighted by Gasteiger charge is -1.95. The van der Waals surface area contributed by atoms with Crippen molar-refractivity contribution < 1.29 is 8.94 Å². The van der Waals surface area contributed by atoms with Crippen molar-refractivity contribution in [3.05, 3.63) is 47.9 Å². The van der Waals surface area contributed by atoms with Gasteiger partial charge in [-0.15, -0.1) is 10.2 Å². The molecule has 0 spiro atoms. The molecule has 0 radical (unpaired) electrons. The molecule has 0 saturated carbocycles. The normalized spacial score (nSPS) is 10.2. The second-order valence-corrected chi connectivity index (χ2v) is 6.02. The van der Waals surface area contributed by atoms with E-state index in [0.717, 1.165) is 23.7 Å². The fraction of sp³-hybridized carbons (Fsp3) is 0.500. The summed E-state index contributed by atoms with van der Waals surface area (Å²) in [6, 6.07) is 9.78. The zero-order valence-corrected chi connectivity index (χ0v) is 16.9. The molecule has 0 aliphatic heterocycles. The standard InChI is InChI=1S/C11H12N2O.C7H12N2O.C2H6/c1-8(2)10-12-13-11(14-10)9-6-4-3-5-7-9;1-4-6-8-7(5(2)3)10-9-6;1-2/h3-8H,1-2H3;5H,4H2,1-3H3;1-2H3. The van der Waals surface area contributed by atoms with E-state index in [1.54, 1.807) is 0 Å². The first-order valence-electron chi connectivity index (χ1n) is 9.22. The fourth-order valence-electron chi connectivity index (χ4n) is 1.81. The van der Waals surface area contributed by atoms with Gasteiger partial charge >= 0.3 is 0 Å². The summed E-state index contributed by atoms with van der Waals surface area (Å²) in [5.74, 6) is 3.42. The first-order valence-corrected chi connectivity index (χ1v) is 9.22. The van der Waals surface area contributed by atoms with Crippen molar-refractivity contribution in [3.8, 4) is 11.5 Å². The van der Waals surface area contributed by atoms with Crippen LogP contribution in [0.3, 0.4) is 0 Å². The number of benzene rings is 1. The quantitative estimate of drug-likeness (QED) is 0.600. The second kappa shape index (κ2) is 11.2. The number of rotatable bonds is 4. The van der Waals surface area contributed by atoms with Crippen molar-refractivity contribution in [2.24, 2.45) is 0 Å². The van der Waals surface area contributed by atoms with E-state index >= 15 is 0 Å². The van der Waals surface area contributed by atoms with Crippen LogP contribution in [0.1, 0.15) is 77.9 Å². The lowest BCUT2D eigenvalue weighted by atomic mass is 10.2. The molecule has 0 bridgehead atoms. The van der Waals surface area contributed by atoms with Crippen molar-refractivity contribution in [3.63, 3.8) is 0 Å². The molecule has 0 N–H and O–H groups in total. The molecule has 0 aliphatic carbocycles. The summed E-state index contributed by atoms with van der Waals surface area (Å²) in [7, 11) is 0. The van der Waals surface area contributed by atoms with Gasteiger partial charge in [0.2, 0.25) is 17.7 Å². The Morgan fingerprint density at radius 2 is 1.50 bits per heavy atom. The van der Waals surface area contributed by atoms with Gasteiger partial charge in [-0.1, -0.05) is 71.8 Å². The van der Waals surface area contributed by atoms with Gasteiger partial charge < -0.3 is 8.94 Å². The van der Waals surface area contributed by atoms with Crippen LogP contribution in [0, 0.1) is 0 Å². The van der Waals surface area contributed by atoms with Gasteiger partial charge in [-0.05, 0) is 12.1 Å². The molecule has 0 fully saturated rings. The first kappa shape index (κ1) is 21.5. The van der Waals surface area contributed by atoms with Gasteiger partial charge in [0.05, 0.1) is 0 Å². The van der Waals surface area contributed by atoms with Gasteiger partial charge in [0, 0.05) is 23.8 Å². The highest BCUT2D eigenvalue weighted by molar-refractivity contribution is 5.51. The Bertz CT molecular complexity index is 733. The van der Waals surface area contributed by atoms with Gasteiger partial charge in [0.1, 0.15) is 0 Å². The minimum absolute atomic E-state index is 0.278. The van der Waals surface area contributed by atoms with E-state index in [4.69, 9.17) is 8.94 Å². The Morgan fingerprint density at radius 3 is 1.92 bits per heavy atom. The number of aryl methyl sites for hydroxylation is 1. The van der Waals surface area contributed by atoms with Crippen LogP contribution in [0.2, 0.25) is 0 Å². The highest BCUT2D eigenvalue weighted by Crippen LogP contribution is 2.20. The maximum absolute atomic E-state index is 5.51. The molecule has 2 heterocycles. The predicted octanol–water partition coefficient (Wildman–Crippen LogP) is 5.64. The molecule has 0 atom stereocenters. The van der Waals surface area contributed by atoms with Crippen LogP contribution in [0.25, 0.3) is 11.5 Å². The number of aromatic nitrogens is 4. The Balaban J connectivity index is 0.000000249. The topological polar surface area (TPSA) is 77.8 Å². The van der Waals surface area contributed by atoms with Crippen LogP contribution in [0.15, 0.2) is 39.3 Å². The van der Waals surface area contributed by atoms with Gasteiger partial charge in [0.25, 0.3) is 0 Å². The Labute approximate surface area is 156 Å². The van der Waals surface area contributed by atoms with Crippen LogP contribution in [-0.2, 0) is 6.42 Å². The van der Waals surface area contributed by atoms with Gasteiger partial charge in [-0.3, -0.25) is 0 Å². The molecule has 0 unspecified atom stereocenters. The van der Waals surface area contributed by atoms with Crippen LogP contribution in [0.4, 0.5) is 0 Å².